The van der Waals surface area contributed by atoms with E-state index in [1.54, 1.807) is 55.5 Å². The maximum Gasteiger partial charge on any atom is 0.309 e. The molecule has 134 valence electrons. The molecule has 0 fully saturated rings. The summed E-state index contributed by atoms with van der Waals surface area (Å²) in [6.45, 7) is 1.88. The summed E-state index contributed by atoms with van der Waals surface area (Å²) < 4.78 is 10.6. The largest absolute Gasteiger partial charge is 0.490 e. The molecule has 0 bridgehead atoms. The minimum atomic E-state index is -0.555. The zero-order valence-electron chi connectivity index (χ0n) is 14.3. The summed E-state index contributed by atoms with van der Waals surface area (Å²) >= 11 is 5.79. The highest BCUT2D eigenvalue weighted by molar-refractivity contribution is 6.30. The van der Waals surface area contributed by atoms with Gasteiger partial charge in [0.15, 0.2) is 5.78 Å². The monoisotopic (exact) mass is 371 g/mol. The molecule has 0 aromatic heterocycles. The Bertz CT molecular complexity index is 811. The first-order valence-electron chi connectivity index (χ1n) is 8.08. The van der Waals surface area contributed by atoms with Crippen LogP contribution in [0, 0.1) is 17.2 Å². The summed E-state index contributed by atoms with van der Waals surface area (Å²) in [4.78, 5) is 24.1. The average molecular weight is 372 g/mol. The number of nitriles is 1. The number of esters is 1. The van der Waals surface area contributed by atoms with Crippen molar-refractivity contribution in [1.82, 2.24) is 0 Å². The number of hydrogen-bond acceptors (Lipinski definition) is 5. The van der Waals surface area contributed by atoms with Crippen molar-refractivity contribution in [2.24, 2.45) is 5.92 Å². The zero-order valence-corrected chi connectivity index (χ0v) is 15.0. The second-order valence-electron chi connectivity index (χ2n) is 5.69. The summed E-state index contributed by atoms with van der Waals surface area (Å²) in [7, 11) is 0. The van der Waals surface area contributed by atoms with Gasteiger partial charge in [-0.1, -0.05) is 24.6 Å². The van der Waals surface area contributed by atoms with E-state index in [1.807, 2.05) is 6.07 Å². The molecule has 2 rings (SSSR count). The molecule has 0 aliphatic heterocycles. The summed E-state index contributed by atoms with van der Waals surface area (Å²) in [6, 6.07) is 15.3. The van der Waals surface area contributed by atoms with Crippen LogP contribution in [0.3, 0.4) is 0 Å². The highest BCUT2D eigenvalue weighted by atomic mass is 35.5. The van der Waals surface area contributed by atoms with E-state index >= 15 is 0 Å². The van der Waals surface area contributed by atoms with E-state index < -0.39 is 11.9 Å². The third kappa shape index (κ3) is 5.91. The van der Waals surface area contributed by atoms with Crippen LogP contribution in [-0.2, 0) is 9.53 Å². The molecule has 0 radical (unpaired) electrons. The van der Waals surface area contributed by atoms with E-state index in [4.69, 9.17) is 26.3 Å². The fourth-order valence-corrected chi connectivity index (χ4v) is 2.34. The van der Waals surface area contributed by atoms with Crippen molar-refractivity contribution in [3.8, 4) is 11.8 Å². The molecule has 0 saturated heterocycles. The molecule has 2 aromatic carbocycles. The first-order chi connectivity index (χ1) is 12.5. The topological polar surface area (TPSA) is 76.4 Å². The van der Waals surface area contributed by atoms with Crippen LogP contribution < -0.4 is 4.74 Å². The third-order valence-electron chi connectivity index (χ3n) is 3.62. The van der Waals surface area contributed by atoms with Gasteiger partial charge in [-0.3, -0.25) is 9.59 Å². The number of rotatable bonds is 8. The van der Waals surface area contributed by atoms with E-state index in [1.165, 1.54) is 0 Å². The second-order valence-corrected chi connectivity index (χ2v) is 6.13. The number of nitrogens with zero attached hydrogens (tertiary/aromatic N) is 1. The maximum absolute atomic E-state index is 12.1. The van der Waals surface area contributed by atoms with Crippen LogP contribution >= 0.6 is 11.6 Å². The molecular formula is C20H18ClNO4. The lowest BCUT2D eigenvalue weighted by atomic mass is 10.00. The van der Waals surface area contributed by atoms with Crippen molar-refractivity contribution in [1.29, 1.82) is 5.26 Å². The van der Waals surface area contributed by atoms with Crippen LogP contribution in [0.4, 0.5) is 0 Å². The SMILES string of the molecule is CC(CC(=O)c1ccc(Cl)cc1)C(=O)OCCOc1cccc(C#N)c1. The summed E-state index contributed by atoms with van der Waals surface area (Å²) in [5.41, 5.74) is 1.00. The number of carbonyl (C=O) groups is 2. The fraction of sp³-hybridized carbons (Fsp3) is 0.250. The van der Waals surface area contributed by atoms with Crippen molar-refractivity contribution in [3.63, 3.8) is 0 Å². The number of hydrogen-bond donors (Lipinski definition) is 0. The smallest absolute Gasteiger partial charge is 0.309 e. The molecule has 0 aliphatic carbocycles. The molecule has 6 heteroatoms. The predicted octanol–water partition coefficient (Wildman–Crippen LogP) is 4.04. The zero-order chi connectivity index (χ0) is 18.9. The lowest BCUT2D eigenvalue weighted by Gasteiger charge is -2.12. The highest BCUT2D eigenvalue weighted by Crippen LogP contribution is 2.15. The van der Waals surface area contributed by atoms with E-state index in [0.29, 0.717) is 21.9 Å². The Balaban J connectivity index is 1.74. The van der Waals surface area contributed by atoms with Gasteiger partial charge in [0, 0.05) is 17.0 Å². The van der Waals surface area contributed by atoms with E-state index in [9.17, 15) is 9.59 Å². The Kier molecular flexibility index (Phi) is 7.19. The molecule has 26 heavy (non-hydrogen) atoms. The van der Waals surface area contributed by atoms with E-state index in [-0.39, 0.29) is 25.4 Å². The minimum absolute atomic E-state index is 0.0610. The van der Waals surface area contributed by atoms with Gasteiger partial charge < -0.3 is 9.47 Å². The standard InChI is InChI=1S/C20H18ClNO4/c1-14(11-19(23)16-5-7-17(21)8-6-16)20(24)26-10-9-25-18-4-2-3-15(12-18)13-22/h2-8,12,14H,9-11H2,1H3. The fourth-order valence-electron chi connectivity index (χ4n) is 2.21. The van der Waals surface area contributed by atoms with Crippen molar-refractivity contribution in [2.45, 2.75) is 13.3 Å². The molecule has 0 heterocycles. The van der Waals surface area contributed by atoms with Crippen LogP contribution in [0.25, 0.3) is 0 Å². The second kappa shape index (κ2) is 9.59. The third-order valence-corrected chi connectivity index (χ3v) is 3.87. The normalized spacial score (nSPS) is 11.3. The van der Waals surface area contributed by atoms with Crippen molar-refractivity contribution < 1.29 is 19.1 Å². The van der Waals surface area contributed by atoms with Gasteiger partial charge in [0.25, 0.3) is 0 Å². The maximum atomic E-state index is 12.1. The number of benzene rings is 2. The average Bonchev–Trinajstić information content (AvgIpc) is 2.65. The molecule has 1 unspecified atom stereocenters. The summed E-state index contributed by atoms with van der Waals surface area (Å²) in [6.07, 6.45) is 0.0610. The van der Waals surface area contributed by atoms with Crippen LogP contribution in [-0.4, -0.2) is 25.0 Å². The number of Topliss-reactive ketones (excluding diaryl/α,β-unsaturated/α-hetero) is 1. The van der Waals surface area contributed by atoms with Gasteiger partial charge in [0.1, 0.15) is 19.0 Å². The Hall–Kier alpha value is -2.84. The molecule has 1 atom stereocenters. The predicted molar refractivity (Wildman–Crippen MR) is 97.2 cm³/mol. The Morgan fingerprint density at radius 2 is 1.88 bits per heavy atom. The van der Waals surface area contributed by atoms with Gasteiger partial charge in [-0.05, 0) is 42.5 Å². The van der Waals surface area contributed by atoms with Crippen molar-refractivity contribution in [3.05, 3.63) is 64.7 Å². The molecule has 0 saturated carbocycles. The first-order valence-corrected chi connectivity index (χ1v) is 8.45. The molecular weight excluding hydrogens is 354 g/mol. The van der Waals surface area contributed by atoms with Crippen LogP contribution in [0.1, 0.15) is 29.3 Å². The van der Waals surface area contributed by atoms with Gasteiger partial charge in [0.2, 0.25) is 0 Å². The first kappa shape index (κ1) is 19.5. The molecule has 2 aromatic rings. The number of ether oxygens (including phenoxy) is 2. The lowest BCUT2D eigenvalue weighted by Crippen LogP contribution is -2.21. The number of carbonyl (C=O) groups excluding carboxylic acids is 2. The molecule has 0 aliphatic rings. The molecule has 0 amide bonds. The number of halogens is 1. The van der Waals surface area contributed by atoms with E-state index in [0.717, 1.165) is 0 Å². The number of ketones is 1. The van der Waals surface area contributed by atoms with Crippen molar-refractivity contribution in [2.75, 3.05) is 13.2 Å². The van der Waals surface area contributed by atoms with Gasteiger partial charge in [0.05, 0.1) is 17.6 Å². The van der Waals surface area contributed by atoms with Gasteiger partial charge >= 0.3 is 5.97 Å². The van der Waals surface area contributed by atoms with Gasteiger partial charge in [-0.15, -0.1) is 0 Å². The minimum Gasteiger partial charge on any atom is -0.490 e. The quantitative estimate of drug-likeness (QED) is 0.397. The summed E-state index contributed by atoms with van der Waals surface area (Å²) in [5.74, 6) is -0.622. The summed E-state index contributed by atoms with van der Waals surface area (Å²) in [5, 5.41) is 9.38. The molecule has 0 spiro atoms. The van der Waals surface area contributed by atoms with Gasteiger partial charge in [-0.2, -0.15) is 5.26 Å². The van der Waals surface area contributed by atoms with Crippen LogP contribution in [0.2, 0.25) is 5.02 Å². The molecule has 5 nitrogen and oxygen atoms in total. The Morgan fingerprint density at radius 3 is 2.58 bits per heavy atom. The van der Waals surface area contributed by atoms with Crippen LogP contribution in [0.5, 0.6) is 5.75 Å². The van der Waals surface area contributed by atoms with Crippen molar-refractivity contribution >= 4 is 23.4 Å². The Morgan fingerprint density at radius 1 is 1.15 bits per heavy atom. The lowest BCUT2D eigenvalue weighted by molar-refractivity contribution is -0.148. The Labute approximate surface area is 157 Å². The highest BCUT2D eigenvalue weighted by Gasteiger charge is 2.19. The van der Waals surface area contributed by atoms with Crippen LogP contribution in [0.15, 0.2) is 48.5 Å². The van der Waals surface area contributed by atoms with Gasteiger partial charge in [-0.25, -0.2) is 0 Å². The van der Waals surface area contributed by atoms with E-state index in [2.05, 4.69) is 0 Å². The molecule has 0 N–H and O–H groups in total.